The number of nitrogen functional groups attached to an aromatic ring is 1. The summed E-state index contributed by atoms with van der Waals surface area (Å²) in [5.41, 5.74) is 14.4. The van der Waals surface area contributed by atoms with Crippen molar-refractivity contribution in [1.82, 2.24) is 0 Å². The van der Waals surface area contributed by atoms with Crippen LogP contribution < -0.4 is 10.5 Å². The highest BCUT2D eigenvalue weighted by Crippen LogP contribution is 2.34. The van der Waals surface area contributed by atoms with Crippen LogP contribution in [0.5, 0.6) is 5.75 Å². The number of hydrogen-bond donors (Lipinski definition) is 1. The Balaban J connectivity index is 2.68. The maximum Gasteiger partial charge on any atom is 0.141 e. The molecule has 0 atom stereocenters. The minimum Gasteiger partial charge on any atom is -0.495 e. The van der Waals surface area contributed by atoms with Crippen LogP contribution in [0.4, 0.5) is 5.69 Å². The molecule has 0 aliphatic carbocycles. The van der Waals surface area contributed by atoms with Gasteiger partial charge >= 0.3 is 0 Å². The van der Waals surface area contributed by atoms with E-state index in [9.17, 15) is 0 Å². The zero-order chi connectivity index (χ0) is 14.2. The molecule has 0 fully saturated rings. The Hall–Kier alpha value is -1.96. The van der Waals surface area contributed by atoms with Crippen LogP contribution in [0.2, 0.25) is 0 Å². The van der Waals surface area contributed by atoms with Gasteiger partial charge < -0.3 is 10.5 Å². The molecule has 0 saturated carbocycles. The van der Waals surface area contributed by atoms with E-state index in [1.54, 1.807) is 7.11 Å². The third-order valence-corrected chi connectivity index (χ3v) is 3.88. The summed E-state index contributed by atoms with van der Waals surface area (Å²) in [7, 11) is 1.64. The zero-order valence-electron chi connectivity index (χ0n) is 12.3. The van der Waals surface area contributed by atoms with Crippen LogP contribution in [-0.4, -0.2) is 7.11 Å². The van der Waals surface area contributed by atoms with Gasteiger partial charge in [-0.25, -0.2) is 0 Å². The normalized spacial score (nSPS) is 10.6. The van der Waals surface area contributed by atoms with E-state index in [-0.39, 0.29) is 0 Å². The van der Waals surface area contributed by atoms with Crippen LogP contribution in [0.15, 0.2) is 24.3 Å². The highest BCUT2D eigenvalue weighted by molar-refractivity contribution is 5.77. The maximum atomic E-state index is 6.02. The fourth-order valence-corrected chi connectivity index (χ4v) is 2.54. The van der Waals surface area contributed by atoms with Crippen molar-refractivity contribution in [3.05, 3.63) is 46.5 Å². The Labute approximate surface area is 115 Å². The lowest BCUT2D eigenvalue weighted by Crippen LogP contribution is -1.97. The summed E-state index contributed by atoms with van der Waals surface area (Å²) in [5, 5.41) is 0. The molecule has 100 valence electrons. The standard InChI is InChI=1S/C17H21NO/c1-10-8-11(2)13(4)17(12(10)3)14-6-7-16(19-5)15(18)9-14/h6-9H,18H2,1-5H3. The summed E-state index contributed by atoms with van der Waals surface area (Å²) in [4.78, 5) is 0. The summed E-state index contributed by atoms with van der Waals surface area (Å²) in [6.45, 7) is 8.63. The van der Waals surface area contributed by atoms with Gasteiger partial charge in [0.25, 0.3) is 0 Å². The van der Waals surface area contributed by atoms with Gasteiger partial charge in [0.15, 0.2) is 0 Å². The first-order valence-electron chi connectivity index (χ1n) is 6.47. The highest BCUT2D eigenvalue weighted by Gasteiger charge is 2.11. The largest absolute Gasteiger partial charge is 0.495 e. The fourth-order valence-electron chi connectivity index (χ4n) is 2.54. The molecule has 0 saturated heterocycles. The number of methoxy groups -OCH3 is 1. The number of ether oxygens (including phenoxy) is 1. The molecule has 2 heteroatoms. The first-order chi connectivity index (χ1) is 8.95. The van der Waals surface area contributed by atoms with Gasteiger partial charge in [-0.1, -0.05) is 12.1 Å². The Morgan fingerprint density at radius 1 is 0.895 bits per heavy atom. The second kappa shape index (κ2) is 4.96. The molecule has 0 aromatic heterocycles. The lowest BCUT2D eigenvalue weighted by atomic mass is 9.89. The Morgan fingerprint density at radius 3 is 1.95 bits per heavy atom. The van der Waals surface area contributed by atoms with Gasteiger partial charge in [-0.2, -0.15) is 0 Å². The van der Waals surface area contributed by atoms with E-state index < -0.39 is 0 Å². The number of benzene rings is 2. The van der Waals surface area contributed by atoms with Crippen molar-refractivity contribution in [3.8, 4) is 16.9 Å². The summed E-state index contributed by atoms with van der Waals surface area (Å²) in [6.07, 6.45) is 0. The van der Waals surface area contributed by atoms with E-state index in [1.165, 1.54) is 27.8 Å². The average Bonchev–Trinajstić information content (AvgIpc) is 2.37. The molecule has 2 aromatic rings. The van der Waals surface area contributed by atoms with Crippen molar-refractivity contribution in [2.24, 2.45) is 0 Å². The van der Waals surface area contributed by atoms with Crippen LogP contribution in [0.3, 0.4) is 0 Å². The SMILES string of the molecule is COc1ccc(-c2c(C)c(C)cc(C)c2C)cc1N. The van der Waals surface area contributed by atoms with Crippen molar-refractivity contribution in [3.63, 3.8) is 0 Å². The Morgan fingerprint density at radius 2 is 1.47 bits per heavy atom. The number of rotatable bonds is 2. The van der Waals surface area contributed by atoms with Crippen molar-refractivity contribution >= 4 is 5.69 Å². The first-order valence-corrected chi connectivity index (χ1v) is 6.47. The van der Waals surface area contributed by atoms with Crippen LogP contribution in [-0.2, 0) is 0 Å². The molecule has 0 amide bonds. The van der Waals surface area contributed by atoms with Crippen molar-refractivity contribution in [2.75, 3.05) is 12.8 Å². The number of nitrogens with two attached hydrogens (primary N) is 1. The smallest absolute Gasteiger partial charge is 0.141 e. The minimum absolute atomic E-state index is 0.679. The molecule has 19 heavy (non-hydrogen) atoms. The van der Waals surface area contributed by atoms with Crippen LogP contribution in [0, 0.1) is 27.7 Å². The average molecular weight is 255 g/mol. The molecule has 0 spiro atoms. The van der Waals surface area contributed by atoms with Gasteiger partial charge in [-0.3, -0.25) is 0 Å². The van der Waals surface area contributed by atoms with Crippen LogP contribution in [0.25, 0.3) is 11.1 Å². The lowest BCUT2D eigenvalue weighted by Gasteiger charge is -2.16. The molecular weight excluding hydrogens is 234 g/mol. The molecule has 0 unspecified atom stereocenters. The van der Waals surface area contributed by atoms with Gasteiger partial charge in [-0.05, 0) is 73.2 Å². The Kier molecular flexibility index (Phi) is 3.52. The molecule has 0 radical (unpaired) electrons. The molecule has 0 aliphatic heterocycles. The van der Waals surface area contributed by atoms with Gasteiger partial charge in [0.2, 0.25) is 0 Å². The molecule has 2 N–H and O–H groups in total. The fraction of sp³-hybridized carbons (Fsp3) is 0.294. The quantitative estimate of drug-likeness (QED) is 0.817. The second-order valence-electron chi connectivity index (χ2n) is 5.09. The monoisotopic (exact) mass is 255 g/mol. The Bertz CT molecular complexity index is 603. The van der Waals surface area contributed by atoms with Gasteiger partial charge in [0, 0.05) is 0 Å². The van der Waals surface area contributed by atoms with E-state index >= 15 is 0 Å². The summed E-state index contributed by atoms with van der Waals surface area (Å²) in [6, 6.07) is 8.23. The van der Waals surface area contributed by atoms with E-state index in [0.29, 0.717) is 5.69 Å². The second-order valence-corrected chi connectivity index (χ2v) is 5.09. The zero-order valence-corrected chi connectivity index (χ0v) is 12.3. The molecule has 2 aromatic carbocycles. The molecular formula is C17H21NO. The van der Waals surface area contributed by atoms with E-state index in [2.05, 4.69) is 39.8 Å². The van der Waals surface area contributed by atoms with Crippen molar-refractivity contribution < 1.29 is 4.74 Å². The predicted octanol–water partition coefficient (Wildman–Crippen LogP) is 4.18. The number of hydrogen-bond acceptors (Lipinski definition) is 2. The molecule has 2 rings (SSSR count). The molecule has 0 heterocycles. The number of anilines is 1. The summed E-state index contributed by atoms with van der Waals surface area (Å²) in [5.74, 6) is 0.725. The van der Waals surface area contributed by atoms with E-state index in [0.717, 1.165) is 11.3 Å². The van der Waals surface area contributed by atoms with E-state index in [1.807, 2.05) is 12.1 Å². The van der Waals surface area contributed by atoms with Crippen molar-refractivity contribution in [2.45, 2.75) is 27.7 Å². The third-order valence-electron chi connectivity index (χ3n) is 3.88. The predicted molar refractivity (Wildman–Crippen MR) is 81.8 cm³/mol. The van der Waals surface area contributed by atoms with Gasteiger partial charge in [0.05, 0.1) is 12.8 Å². The van der Waals surface area contributed by atoms with E-state index in [4.69, 9.17) is 10.5 Å². The molecule has 0 aliphatic rings. The number of aryl methyl sites for hydroxylation is 2. The van der Waals surface area contributed by atoms with Crippen LogP contribution >= 0.6 is 0 Å². The first kappa shape index (κ1) is 13.5. The molecule has 0 bridgehead atoms. The lowest BCUT2D eigenvalue weighted by molar-refractivity contribution is 0.417. The highest BCUT2D eigenvalue weighted by atomic mass is 16.5. The van der Waals surface area contributed by atoms with Crippen molar-refractivity contribution in [1.29, 1.82) is 0 Å². The topological polar surface area (TPSA) is 35.2 Å². The summed E-state index contributed by atoms with van der Waals surface area (Å²) >= 11 is 0. The molecule has 2 nitrogen and oxygen atoms in total. The van der Waals surface area contributed by atoms with Crippen LogP contribution in [0.1, 0.15) is 22.3 Å². The maximum absolute atomic E-state index is 6.02. The summed E-state index contributed by atoms with van der Waals surface area (Å²) < 4.78 is 5.22. The minimum atomic E-state index is 0.679. The van der Waals surface area contributed by atoms with Gasteiger partial charge in [0.1, 0.15) is 5.75 Å². The van der Waals surface area contributed by atoms with Gasteiger partial charge in [-0.15, -0.1) is 0 Å². The third kappa shape index (κ3) is 2.30.